The smallest absolute Gasteiger partial charge is 0.123 e. The number of thiazole rings is 1. The van der Waals surface area contributed by atoms with E-state index in [9.17, 15) is 0 Å². The second-order valence-electron chi connectivity index (χ2n) is 5.31. The van der Waals surface area contributed by atoms with Gasteiger partial charge in [0.15, 0.2) is 0 Å². The van der Waals surface area contributed by atoms with Crippen LogP contribution in [0, 0.1) is 0 Å². The molecular weight excluding hydrogens is 276 g/mol. The number of nitrogens with zero attached hydrogens (tertiary/aromatic N) is 2. The molecule has 2 nitrogen and oxygen atoms in total. The van der Waals surface area contributed by atoms with Crippen molar-refractivity contribution in [3.63, 3.8) is 0 Å². The normalized spacial score (nSPS) is 13.4. The third kappa shape index (κ3) is 2.45. The predicted molar refractivity (Wildman–Crippen MR) is 88.7 cm³/mol. The first-order valence-electron chi connectivity index (χ1n) is 7.23. The lowest BCUT2D eigenvalue weighted by atomic mass is 10.2. The molecular formula is C18H16N2S. The first kappa shape index (κ1) is 12.6. The van der Waals surface area contributed by atoms with Gasteiger partial charge in [0.2, 0.25) is 0 Å². The fourth-order valence-electron chi connectivity index (χ4n) is 2.86. The van der Waals surface area contributed by atoms with Crippen LogP contribution >= 0.6 is 11.3 Å². The quantitative estimate of drug-likeness (QED) is 0.712. The summed E-state index contributed by atoms with van der Waals surface area (Å²) in [7, 11) is 0. The SMILES string of the molecule is c1ccc(-c2nc(CN3CCc4ccccc43)cs2)cc1. The van der Waals surface area contributed by atoms with Crippen molar-refractivity contribution in [1.82, 2.24) is 4.98 Å². The van der Waals surface area contributed by atoms with Gasteiger partial charge in [-0.25, -0.2) is 4.98 Å². The van der Waals surface area contributed by atoms with Crippen LogP contribution in [0.4, 0.5) is 5.69 Å². The summed E-state index contributed by atoms with van der Waals surface area (Å²) in [6, 6.07) is 19.1. The van der Waals surface area contributed by atoms with Crippen molar-refractivity contribution in [2.75, 3.05) is 11.4 Å². The van der Waals surface area contributed by atoms with Gasteiger partial charge >= 0.3 is 0 Å². The first-order valence-corrected chi connectivity index (χ1v) is 8.11. The van der Waals surface area contributed by atoms with Crippen LogP contribution in [-0.2, 0) is 13.0 Å². The average Bonchev–Trinajstić information content (AvgIpc) is 3.17. The van der Waals surface area contributed by atoms with Crippen molar-refractivity contribution in [3.8, 4) is 10.6 Å². The van der Waals surface area contributed by atoms with E-state index >= 15 is 0 Å². The summed E-state index contributed by atoms with van der Waals surface area (Å²) in [5.41, 5.74) is 5.19. The molecule has 1 aromatic heterocycles. The van der Waals surface area contributed by atoms with E-state index in [0.29, 0.717) is 0 Å². The topological polar surface area (TPSA) is 16.1 Å². The molecule has 1 aliphatic rings. The van der Waals surface area contributed by atoms with Crippen molar-refractivity contribution < 1.29 is 0 Å². The molecule has 0 unspecified atom stereocenters. The highest BCUT2D eigenvalue weighted by molar-refractivity contribution is 7.13. The Hall–Kier alpha value is -2.13. The van der Waals surface area contributed by atoms with E-state index in [1.165, 1.54) is 16.8 Å². The minimum Gasteiger partial charge on any atom is -0.365 e. The van der Waals surface area contributed by atoms with Crippen LogP contribution in [0.5, 0.6) is 0 Å². The van der Waals surface area contributed by atoms with Crippen LogP contribution in [-0.4, -0.2) is 11.5 Å². The van der Waals surface area contributed by atoms with Gasteiger partial charge in [0, 0.05) is 23.2 Å². The Bertz CT molecular complexity index is 749. The molecule has 4 rings (SSSR count). The number of aromatic nitrogens is 1. The summed E-state index contributed by atoms with van der Waals surface area (Å²) in [6.07, 6.45) is 1.14. The average molecular weight is 292 g/mol. The Balaban J connectivity index is 1.56. The number of anilines is 1. The Morgan fingerprint density at radius 1 is 1.00 bits per heavy atom. The Morgan fingerprint density at radius 2 is 1.81 bits per heavy atom. The number of fused-ring (bicyclic) bond motifs is 1. The second kappa shape index (κ2) is 5.34. The van der Waals surface area contributed by atoms with Crippen molar-refractivity contribution in [2.24, 2.45) is 0 Å². The second-order valence-corrected chi connectivity index (χ2v) is 6.17. The molecule has 1 aliphatic heterocycles. The lowest BCUT2D eigenvalue weighted by Crippen LogP contribution is -2.19. The van der Waals surface area contributed by atoms with E-state index in [2.05, 4.69) is 58.8 Å². The molecule has 0 aliphatic carbocycles. The number of hydrogen-bond donors (Lipinski definition) is 0. The van der Waals surface area contributed by atoms with Crippen LogP contribution < -0.4 is 4.90 Å². The maximum atomic E-state index is 4.79. The van der Waals surface area contributed by atoms with Crippen LogP contribution in [0.1, 0.15) is 11.3 Å². The molecule has 0 fully saturated rings. The minimum absolute atomic E-state index is 0.903. The van der Waals surface area contributed by atoms with E-state index in [0.717, 1.165) is 30.2 Å². The zero-order chi connectivity index (χ0) is 14.1. The highest BCUT2D eigenvalue weighted by Gasteiger charge is 2.19. The van der Waals surface area contributed by atoms with E-state index < -0.39 is 0 Å². The van der Waals surface area contributed by atoms with E-state index in [1.54, 1.807) is 11.3 Å². The molecule has 0 atom stereocenters. The molecule has 0 saturated carbocycles. The van der Waals surface area contributed by atoms with Gasteiger partial charge in [0.05, 0.1) is 12.2 Å². The van der Waals surface area contributed by atoms with Crippen molar-refractivity contribution in [2.45, 2.75) is 13.0 Å². The Labute approximate surface area is 128 Å². The Kier molecular flexibility index (Phi) is 3.20. The van der Waals surface area contributed by atoms with E-state index in [4.69, 9.17) is 4.98 Å². The fraction of sp³-hybridized carbons (Fsp3) is 0.167. The Morgan fingerprint density at radius 3 is 2.71 bits per heavy atom. The molecule has 0 radical (unpaired) electrons. The summed E-state index contributed by atoms with van der Waals surface area (Å²) in [6.45, 7) is 2.00. The van der Waals surface area contributed by atoms with Gasteiger partial charge < -0.3 is 4.90 Å². The highest BCUT2D eigenvalue weighted by Crippen LogP contribution is 2.30. The molecule has 0 bridgehead atoms. The molecule has 2 aromatic carbocycles. The standard InChI is InChI=1S/C18H16N2S/c1-2-7-15(8-3-1)18-19-16(13-21-18)12-20-11-10-14-6-4-5-9-17(14)20/h1-9,13H,10-12H2. The van der Waals surface area contributed by atoms with Crippen LogP contribution in [0.25, 0.3) is 10.6 Å². The largest absolute Gasteiger partial charge is 0.365 e. The lowest BCUT2D eigenvalue weighted by Gasteiger charge is -2.17. The lowest BCUT2D eigenvalue weighted by molar-refractivity contribution is 0.820. The molecule has 0 saturated heterocycles. The van der Waals surface area contributed by atoms with Crippen molar-refractivity contribution in [1.29, 1.82) is 0 Å². The summed E-state index contributed by atoms with van der Waals surface area (Å²) in [5, 5.41) is 3.29. The van der Waals surface area contributed by atoms with Crippen LogP contribution in [0.15, 0.2) is 60.0 Å². The maximum Gasteiger partial charge on any atom is 0.123 e. The number of rotatable bonds is 3. The maximum absolute atomic E-state index is 4.79. The molecule has 3 heteroatoms. The zero-order valence-electron chi connectivity index (χ0n) is 11.7. The fourth-order valence-corrected chi connectivity index (χ4v) is 3.68. The number of benzene rings is 2. The van der Waals surface area contributed by atoms with E-state index in [1.807, 2.05) is 6.07 Å². The van der Waals surface area contributed by atoms with Crippen molar-refractivity contribution in [3.05, 3.63) is 71.2 Å². The number of hydrogen-bond acceptors (Lipinski definition) is 3. The molecule has 0 spiro atoms. The zero-order valence-corrected chi connectivity index (χ0v) is 12.5. The van der Waals surface area contributed by atoms with E-state index in [-0.39, 0.29) is 0 Å². The summed E-state index contributed by atoms with van der Waals surface area (Å²) < 4.78 is 0. The van der Waals surface area contributed by atoms with Gasteiger partial charge in [-0.05, 0) is 18.1 Å². The van der Waals surface area contributed by atoms with Crippen LogP contribution in [0.2, 0.25) is 0 Å². The monoisotopic (exact) mass is 292 g/mol. The number of para-hydroxylation sites is 1. The van der Waals surface area contributed by atoms with Crippen LogP contribution in [0.3, 0.4) is 0 Å². The third-order valence-corrected chi connectivity index (χ3v) is 4.85. The molecule has 2 heterocycles. The van der Waals surface area contributed by atoms with Gasteiger partial charge in [-0.3, -0.25) is 0 Å². The summed E-state index contributed by atoms with van der Waals surface area (Å²) in [4.78, 5) is 7.22. The minimum atomic E-state index is 0.903. The van der Waals surface area contributed by atoms with Gasteiger partial charge in [0.1, 0.15) is 5.01 Å². The molecule has 21 heavy (non-hydrogen) atoms. The highest BCUT2D eigenvalue weighted by atomic mass is 32.1. The predicted octanol–water partition coefficient (Wildman–Crippen LogP) is 4.37. The molecule has 0 N–H and O–H groups in total. The van der Waals surface area contributed by atoms with Gasteiger partial charge in [-0.1, -0.05) is 48.5 Å². The van der Waals surface area contributed by atoms with Gasteiger partial charge in [-0.15, -0.1) is 11.3 Å². The van der Waals surface area contributed by atoms with Gasteiger partial charge in [0.25, 0.3) is 0 Å². The third-order valence-electron chi connectivity index (χ3n) is 3.91. The molecule has 3 aromatic rings. The van der Waals surface area contributed by atoms with Crippen molar-refractivity contribution >= 4 is 17.0 Å². The molecule has 0 amide bonds. The summed E-state index contributed by atoms with van der Waals surface area (Å²) >= 11 is 1.73. The summed E-state index contributed by atoms with van der Waals surface area (Å²) in [5.74, 6) is 0. The van der Waals surface area contributed by atoms with Gasteiger partial charge in [-0.2, -0.15) is 0 Å². The molecule has 104 valence electrons. The first-order chi connectivity index (χ1) is 10.4.